The minimum atomic E-state index is -0.0625. The van der Waals surface area contributed by atoms with Gasteiger partial charge in [0.2, 0.25) is 0 Å². The van der Waals surface area contributed by atoms with E-state index < -0.39 is 0 Å². The summed E-state index contributed by atoms with van der Waals surface area (Å²) >= 11 is 0. The molecular formula is C21H26N2O3. The first-order valence-electron chi connectivity index (χ1n) is 9.00. The lowest BCUT2D eigenvalue weighted by atomic mass is 10.0. The van der Waals surface area contributed by atoms with Gasteiger partial charge in [0.15, 0.2) is 11.5 Å². The van der Waals surface area contributed by atoms with Crippen LogP contribution in [-0.4, -0.2) is 44.1 Å². The van der Waals surface area contributed by atoms with Gasteiger partial charge < -0.3 is 19.7 Å². The zero-order valence-electron chi connectivity index (χ0n) is 15.4. The second-order valence-corrected chi connectivity index (χ2v) is 6.69. The largest absolute Gasteiger partial charge is 0.493 e. The van der Waals surface area contributed by atoms with Crippen LogP contribution in [0.15, 0.2) is 48.5 Å². The number of rotatable bonds is 6. The summed E-state index contributed by atoms with van der Waals surface area (Å²) in [5, 5.41) is 3.12. The first-order valence-corrected chi connectivity index (χ1v) is 9.00. The number of hydrogen-bond acceptors (Lipinski definition) is 4. The monoisotopic (exact) mass is 354 g/mol. The Morgan fingerprint density at radius 1 is 1.12 bits per heavy atom. The fourth-order valence-electron chi connectivity index (χ4n) is 3.09. The van der Waals surface area contributed by atoms with Crippen LogP contribution in [0.5, 0.6) is 11.5 Å². The van der Waals surface area contributed by atoms with Crippen molar-refractivity contribution in [2.75, 3.05) is 27.2 Å². The Kier molecular flexibility index (Phi) is 6.12. The maximum atomic E-state index is 12.5. The van der Waals surface area contributed by atoms with E-state index in [9.17, 15) is 4.79 Å². The molecular weight excluding hydrogens is 328 g/mol. The summed E-state index contributed by atoms with van der Waals surface area (Å²) in [7, 11) is 3.69. The van der Waals surface area contributed by atoms with E-state index in [0.717, 1.165) is 31.5 Å². The van der Waals surface area contributed by atoms with Crippen molar-refractivity contribution in [2.45, 2.75) is 25.5 Å². The van der Waals surface area contributed by atoms with Gasteiger partial charge in [0.05, 0.1) is 7.11 Å². The third-order valence-electron chi connectivity index (χ3n) is 4.72. The lowest BCUT2D eigenvalue weighted by molar-refractivity contribution is 0.0916. The Hall–Kier alpha value is -2.53. The van der Waals surface area contributed by atoms with Crippen LogP contribution in [0.4, 0.5) is 0 Å². The van der Waals surface area contributed by atoms with Crippen LogP contribution in [0.1, 0.15) is 28.8 Å². The number of carbonyl (C=O) groups is 1. The second-order valence-electron chi connectivity index (χ2n) is 6.69. The molecule has 0 atom stereocenters. The Bertz CT molecular complexity index is 725. The van der Waals surface area contributed by atoms with Crippen LogP contribution < -0.4 is 14.8 Å². The van der Waals surface area contributed by atoms with Gasteiger partial charge in [0, 0.05) is 11.6 Å². The normalized spacial score (nSPS) is 15.5. The number of methoxy groups -OCH3 is 1. The predicted octanol–water partition coefficient (Wildman–Crippen LogP) is 3.10. The molecule has 0 bridgehead atoms. The Morgan fingerprint density at radius 3 is 2.54 bits per heavy atom. The van der Waals surface area contributed by atoms with Crippen molar-refractivity contribution in [1.82, 2.24) is 10.2 Å². The molecule has 0 aromatic heterocycles. The van der Waals surface area contributed by atoms with Crippen molar-refractivity contribution < 1.29 is 14.3 Å². The Balaban J connectivity index is 1.63. The smallest absolute Gasteiger partial charge is 0.251 e. The molecule has 0 aliphatic carbocycles. The van der Waals surface area contributed by atoms with Crippen LogP contribution in [0.3, 0.4) is 0 Å². The standard InChI is InChI=1S/C21H26N2O3/c1-23-12-10-18(11-13-23)22-21(24)17-8-9-19(20(14-17)25-2)26-15-16-6-4-3-5-7-16/h3-9,14,18H,10-13,15H2,1-2H3,(H,22,24). The van der Waals surface area contributed by atoms with E-state index in [-0.39, 0.29) is 11.9 Å². The van der Waals surface area contributed by atoms with Crippen molar-refractivity contribution in [3.05, 3.63) is 59.7 Å². The van der Waals surface area contributed by atoms with Crippen LogP contribution in [0.25, 0.3) is 0 Å². The minimum absolute atomic E-state index is 0.0625. The topological polar surface area (TPSA) is 50.8 Å². The molecule has 2 aromatic rings. The SMILES string of the molecule is COc1cc(C(=O)NC2CCN(C)CC2)ccc1OCc1ccccc1. The van der Waals surface area contributed by atoms with E-state index in [1.165, 1.54) is 0 Å². The number of hydrogen-bond donors (Lipinski definition) is 1. The van der Waals surface area contributed by atoms with Gasteiger partial charge in [-0.05, 0) is 56.7 Å². The summed E-state index contributed by atoms with van der Waals surface area (Å²) in [5.74, 6) is 1.14. The van der Waals surface area contributed by atoms with E-state index in [0.29, 0.717) is 23.7 Å². The molecule has 0 radical (unpaired) electrons. The number of amides is 1. The molecule has 1 amide bonds. The van der Waals surface area contributed by atoms with Crippen molar-refractivity contribution in [3.8, 4) is 11.5 Å². The first-order chi connectivity index (χ1) is 12.7. The number of likely N-dealkylation sites (tertiary alicyclic amines) is 1. The van der Waals surface area contributed by atoms with Gasteiger partial charge >= 0.3 is 0 Å². The number of benzene rings is 2. The highest BCUT2D eigenvalue weighted by molar-refractivity contribution is 5.95. The van der Waals surface area contributed by atoms with Crippen molar-refractivity contribution in [3.63, 3.8) is 0 Å². The summed E-state index contributed by atoms with van der Waals surface area (Å²) in [6.45, 7) is 2.49. The molecule has 1 aliphatic rings. The fourth-order valence-corrected chi connectivity index (χ4v) is 3.09. The Morgan fingerprint density at radius 2 is 1.85 bits per heavy atom. The summed E-state index contributed by atoms with van der Waals surface area (Å²) in [6.07, 6.45) is 1.97. The van der Waals surface area contributed by atoms with E-state index in [2.05, 4.69) is 17.3 Å². The number of carbonyl (C=O) groups excluding carboxylic acids is 1. The minimum Gasteiger partial charge on any atom is -0.493 e. The second kappa shape index (κ2) is 8.72. The number of piperidine rings is 1. The highest BCUT2D eigenvalue weighted by Crippen LogP contribution is 2.29. The van der Waals surface area contributed by atoms with Crippen molar-refractivity contribution >= 4 is 5.91 Å². The maximum absolute atomic E-state index is 12.5. The number of nitrogens with one attached hydrogen (secondary N) is 1. The Labute approximate surface area is 154 Å². The van der Waals surface area contributed by atoms with Gasteiger partial charge in [-0.25, -0.2) is 0 Å². The quantitative estimate of drug-likeness (QED) is 0.866. The molecule has 1 fully saturated rings. The van der Waals surface area contributed by atoms with Gasteiger partial charge in [-0.2, -0.15) is 0 Å². The molecule has 0 spiro atoms. The van der Waals surface area contributed by atoms with E-state index in [1.54, 1.807) is 25.3 Å². The third-order valence-corrected chi connectivity index (χ3v) is 4.72. The predicted molar refractivity (Wildman–Crippen MR) is 102 cm³/mol. The maximum Gasteiger partial charge on any atom is 0.251 e. The molecule has 0 unspecified atom stereocenters. The van der Waals surface area contributed by atoms with Gasteiger partial charge in [-0.15, -0.1) is 0 Å². The highest BCUT2D eigenvalue weighted by atomic mass is 16.5. The van der Waals surface area contributed by atoms with Crippen LogP contribution >= 0.6 is 0 Å². The molecule has 3 rings (SSSR count). The number of nitrogens with zero attached hydrogens (tertiary/aromatic N) is 1. The molecule has 0 saturated carbocycles. The van der Waals surface area contributed by atoms with Crippen LogP contribution in [0.2, 0.25) is 0 Å². The van der Waals surface area contributed by atoms with Gasteiger partial charge in [0.1, 0.15) is 6.61 Å². The zero-order chi connectivity index (χ0) is 18.4. The zero-order valence-corrected chi connectivity index (χ0v) is 15.4. The number of ether oxygens (including phenoxy) is 2. The molecule has 5 heteroatoms. The summed E-state index contributed by atoms with van der Waals surface area (Å²) in [6, 6.07) is 15.5. The third kappa shape index (κ3) is 4.76. The average Bonchev–Trinajstić information content (AvgIpc) is 2.68. The van der Waals surface area contributed by atoms with Crippen LogP contribution in [-0.2, 0) is 6.61 Å². The summed E-state index contributed by atoms with van der Waals surface area (Å²) < 4.78 is 11.3. The van der Waals surface area contributed by atoms with E-state index in [1.807, 2.05) is 30.3 Å². The molecule has 5 nitrogen and oxygen atoms in total. The van der Waals surface area contributed by atoms with Crippen molar-refractivity contribution in [1.29, 1.82) is 0 Å². The molecule has 1 saturated heterocycles. The lowest BCUT2D eigenvalue weighted by Gasteiger charge is -2.29. The molecule has 1 aliphatic heterocycles. The van der Waals surface area contributed by atoms with Gasteiger partial charge in [-0.1, -0.05) is 30.3 Å². The highest BCUT2D eigenvalue weighted by Gasteiger charge is 2.20. The first kappa shape index (κ1) is 18.3. The molecule has 138 valence electrons. The average molecular weight is 354 g/mol. The lowest BCUT2D eigenvalue weighted by Crippen LogP contribution is -2.43. The fraction of sp³-hybridized carbons (Fsp3) is 0.381. The van der Waals surface area contributed by atoms with E-state index >= 15 is 0 Å². The van der Waals surface area contributed by atoms with E-state index in [4.69, 9.17) is 9.47 Å². The summed E-state index contributed by atoms with van der Waals surface area (Å²) in [5.41, 5.74) is 1.67. The molecule has 1 heterocycles. The van der Waals surface area contributed by atoms with Gasteiger partial charge in [0.25, 0.3) is 5.91 Å². The summed E-state index contributed by atoms with van der Waals surface area (Å²) in [4.78, 5) is 14.8. The van der Waals surface area contributed by atoms with Crippen LogP contribution in [0, 0.1) is 0 Å². The molecule has 1 N–H and O–H groups in total. The van der Waals surface area contributed by atoms with Gasteiger partial charge in [-0.3, -0.25) is 4.79 Å². The molecule has 2 aromatic carbocycles. The molecule has 26 heavy (non-hydrogen) atoms. The van der Waals surface area contributed by atoms with Crippen molar-refractivity contribution in [2.24, 2.45) is 0 Å².